The van der Waals surface area contributed by atoms with Crippen molar-refractivity contribution in [2.75, 3.05) is 6.54 Å². The quantitative estimate of drug-likeness (QED) is 0.698. The van der Waals surface area contributed by atoms with Gasteiger partial charge >= 0.3 is 0 Å². The fourth-order valence-electron chi connectivity index (χ4n) is 1.87. The van der Waals surface area contributed by atoms with Crippen molar-refractivity contribution in [1.29, 1.82) is 5.26 Å². The first-order chi connectivity index (χ1) is 7.52. The SMILES string of the molecule is CC[C@H](C)[C@H](N)C(=O)N1CC[C@H](O)[C@@H]1C#N. The van der Waals surface area contributed by atoms with Crippen LogP contribution >= 0.6 is 0 Å². The summed E-state index contributed by atoms with van der Waals surface area (Å²) in [5.74, 6) is -0.137. The highest BCUT2D eigenvalue weighted by Crippen LogP contribution is 2.20. The predicted molar refractivity (Wildman–Crippen MR) is 59.2 cm³/mol. The van der Waals surface area contributed by atoms with Crippen LogP contribution in [0.3, 0.4) is 0 Å². The summed E-state index contributed by atoms with van der Waals surface area (Å²) in [6.45, 7) is 4.30. The molecule has 16 heavy (non-hydrogen) atoms. The minimum Gasteiger partial charge on any atom is -0.390 e. The summed E-state index contributed by atoms with van der Waals surface area (Å²) in [5, 5.41) is 18.4. The molecule has 0 saturated carbocycles. The second-order valence-electron chi connectivity index (χ2n) is 4.37. The fraction of sp³-hybridized carbons (Fsp3) is 0.818. The standard InChI is InChI=1S/C11H19N3O2/c1-3-7(2)10(13)11(16)14-5-4-9(15)8(14)6-12/h7-10,15H,3-5,13H2,1-2H3/t7-,8-,9-,10-/m0/s1. The summed E-state index contributed by atoms with van der Waals surface area (Å²) in [5.41, 5.74) is 5.83. The Morgan fingerprint density at radius 2 is 2.38 bits per heavy atom. The number of nitriles is 1. The molecule has 0 spiro atoms. The molecule has 0 aliphatic carbocycles. The first kappa shape index (κ1) is 12.9. The van der Waals surface area contributed by atoms with E-state index in [2.05, 4.69) is 0 Å². The number of aliphatic hydroxyl groups excluding tert-OH is 1. The third kappa shape index (κ3) is 2.34. The van der Waals surface area contributed by atoms with Gasteiger partial charge in [-0.25, -0.2) is 0 Å². The highest BCUT2D eigenvalue weighted by Gasteiger charge is 2.38. The summed E-state index contributed by atoms with van der Waals surface area (Å²) in [4.78, 5) is 13.4. The zero-order chi connectivity index (χ0) is 12.3. The molecule has 1 aliphatic heterocycles. The van der Waals surface area contributed by atoms with Crippen LogP contribution in [-0.2, 0) is 4.79 Å². The third-order valence-electron chi connectivity index (χ3n) is 3.32. The van der Waals surface area contributed by atoms with Gasteiger partial charge in [0.25, 0.3) is 0 Å². The monoisotopic (exact) mass is 225 g/mol. The van der Waals surface area contributed by atoms with Gasteiger partial charge in [0.1, 0.15) is 6.04 Å². The highest BCUT2D eigenvalue weighted by atomic mass is 16.3. The summed E-state index contributed by atoms with van der Waals surface area (Å²) in [6.07, 6.45) is 0.538. The van der Waals surface area contributed by atoms with Gasteiger partial charge in [-0.15, -0.1) is 0 Å². The van der Waals surface area contributed by atoms with Crippen molar-refractivity contribution in [1.82, 2.24) is 4.90 Å². The molecule has 1 saturated heterocycles. The summed E-state index contributed by atoms with van der Waals surface area (Å²) < 4.78 is 0. The van der Waals surface area contributed by atoms with E-state index in [0.717, 1.165) is 6.42 Å². The second kappa shape index (κ2) is 5.28. The highest BCUT2D eigenvalue weighted by molar-refractivity contribution is 5.83. The topological polar surface area (TPSA) is 90.3 Å². The molecular formula is C11H19N3O2. The van der Waals surface area contributed by atoms with Crippen LogP contribution in [0.25, 0.3) is 0 Å². The predicted octanol–water partition coefficient (Wildman–Crippen LogP) is -0.155. The number of carbonyl (C=O) groups is 1. The van der Waals surface area contributed by atoms with Gasteiger partial charge < -0.3 is 15.7 Å². The van der Waals surface area contributed by atoms with Gasteiger partial charge in [0.2, 0.25) is 5.91 Å². The van der Waals surface area contributed by atoms with Gasteiger partial charge in [0.15, 0.2) is 0 Å². The van der Waals surface area contributed by atoms with Crippen LogP contribution in [0.15, 0.2) is 0 Å². The summed E-state index contributed by atoms with van der Waals surface area (Å²) >= 11 is 0. The first-order valence-corrected chi connectivity index (χ1v) is 5.66. The number of likely N-dealkylation sites (tertiary alicyclic amines) is 1. The molecule has 1 heterocycles. The zero-order valence-electron chi connectivity index (χ0n) is 9.76. The molecule has 0 bridgehead atoms. The average Bonchev–Trinajstić information content (AvgIpc) is 2.67. The van der Waals surface area contributed by atoms with Crippen LogP contribution in [0, 0.1) is 17.2 Å². The van der Waals surface area contributed by atoms with Gasteiger partial charge in [-0.05, 0) is 12.3 Å². The molecule has 1 rings (SSSR count). The maximum absolute atomic E-state index is 12.0. The molecule has 1 fully saturated rings. The Balaban J connectivity index is 2.71. The van der Waals surface area contributed by atoms with E-state index in [0.29, 0.717) is 13.0 Å². The minimum atomic E-state index is -0.738. The van der Waals surface area contributed by atoms with Crippen LogP contribution in [-0.4, -0.2) is 40.6 Å². The lowest BCUT2D eigenvalue weighted by molar-refractivity contribution is -0.134. The van der Waals surface area contributed by atoms with Gasteiger partial charge in [-0.3, -0.25) is 4.79 Å². The molecular weight excluding hydrogens is 206 g/mol. The third-order valence-corrected chi connectivity index (χ3v) is 3.32. The van der Waals surface area contributed by atoms with Gasteiger partial charge in [0.05, 0.1) is 18.2 Å². The smallest absolute Gasteiger partial charge is 0.240 e. The number of aliphatic hydroxyl groups is 1. The second-order valence-corrected chi connectivity index (χ2v) is 4.37. The van der Waals surface area contributed by atoms with Gasteiger partial charge in [-0.1, -0.05) is 20.3 Å². The lowest BCUT2D eigenvalue weighted by atomic mass is 9.98. The minimum absolute atomic E-state index is 0.0876. The van der Waals surface area contributed by atoms with Crippen molar-refractivity contribution in [3.8, 4) is 6.07 Å². The maximum atomic E-state index is 12.0. The lowest BCUT2D eigenvalue weighted by Gasteiger charge is -2.26. The number of hydrogen-bond acceptors (Lipinski definition) is 4. The molecule has 1 amide bonds. The van der Waals surface area contributed by atoms with Crippen LogP contribution in [0.1, 0.15) is 26.7 Å². The van der Waals surface area contributed by atoms with E-state index < -0.39 is 18.2 Å². The van der Waals surface area contributed by atoms with Crippen molar-refractivity contribution < 1.29 is 9.90 Å². The Morgan fingerprint density at radius 1 is 1.75 bits per heavy atom. The molecule has 0 radical (unpaired) electrons. The number of hydrogen-bond donors (Lipinski definition) is 2. The van der Waals surface area contributed by atoms with E-state index >= 15 is 0 Å². The number of rotatable bonds is 3. The molecule has 3 N–H and O–H groups in total. The Kier molecular flexibility index (Phi) is 4.27. The van der Waals surface area contributed by atoms with E-state index in [1.807, 2.05) is 19.9 Å². The molecule has 5 heteroatoms. The lowest BCUT2D eigenvalue weighted by Crippen LogP contribution is -2.49. The first-order valence-electron chi connectivity index (χ1n) is 5.66. The number of nitrogens with zero attached hydrogens (tertiary/aromatic N) is 2. The normalized spacial score (nSPS) is 28.6. The van der Waals surface area contributed by atoms with Crippen molar-refractivity contribution in [3.63, 3.8) is 0 Å². The molecule has 0 aromatic carbocycles. The molecule has 4 atom stereocenters. The van der Waals surface area contributed by atoms with Gasteiger partial charge in [-0.2, -0.15) is 5.26 Å². The molecule has 90 valence electrons. The largest absolute Gasteiger partial charge is 0.390 e. The van der Waals surface area contributed by atoms with E-state index in [1.54, 1.807) is 0 Å². The van der Waals surface area contributed by atoms with E-state index in [-0.39, 0.29) is 11.8 Å². The number of carbonyl (C=O) groups excluding carboxylic acids is 1. The Bertz CT molecular complexity index is 300. The molecule has 1 aliphatic rings. The van der Waals surface area contributed by atoms with Gasteiger partial charge in [0, 0.05) is 6.54 Å². The summed E-state index contributed by atoms with van der Waals surface area (Å²) in [7, 11) is 0. The van der Waals surface area contributed by atoms with E-state index in [4.69, 9.17) is 11.0 Å². The Morgan fingerprint density at radius 3 is 2.88 bits per heavy atom. The Labute approximate surface area is 95.8 Å². The fourth-order valence-corrected chi connectivity index (χ4v) is 1.87. The number of nitrogens with two attached hydrogens (primary N) is 1. The van der Waals surface area contributed by atoms with E-state index in [1.165, 1.54) is 4.90 Å². The molecule has 5 nitrogen and oxygen atoms in total. The van der Waals surface area contributed by atoms with Crippen molar-refractivity contribution in [2.45, 2.75) is 44.9 Å². The van der Waals surface area contributed by atoms with E-state index in [9.17, 15) is 9.90 Å². The maximum Gasteiger partial charge on any atom is 0.240 e. The van der Waals surface area contributed by atoms with Crippen molar-refractivity contribution in [2.24, 2.45) is 11.7 Å². The number of amides is 1. The molecule has 0 aromatic rings. The van der Waals surface area contributed by atoms with Crippen LogP contribution in [0.5, 0.6) is 0 Å². The summed E-state index contributed by atoms with van der Waals surface area (Å²) in [6, 6.07) is 0.645. The van der Waals surface area contributed by atoms with Crippen molar-refractivity contribution in [3.05, 3.63) is 0 Å². The zero-order valence-corrected chi connectivity index (χ0v) is 9.76. The average molecular weight is 225 g/mol. The van der Waals surface area contributed by atoms with Crippen molar-refractivity contribution >= 4 is 5.91 Å². The van der Waals surface area contributed by atoms with Crippen LogP contribution in [0.4, 0.5) is 0 Å². The Hall–Kier alpha value is -1.12. The van der Waals surface area contributed by atoms with Crippen LogP contribution < -0.4 is 5.73 Å². The molecule has 0 unspecified atom stereocenters. The van der Waals surface area contributed by atoms with Crippen LogP contribution in [0.2, 0.25) is 0 Å². The molecule has 0 aromatic heterocycles.